The zero-order valence-corrected chi connectivity index (χ0v) is 11.8. The van der Waals surface area contributed by atoms with E-state index in [-0.39, 0.29) is 23.7 Å². The Balaban J connectivity index is 4.46. The van der Waals surface area contributed by atoms with Crippen LogP contribution in [-0.2, 0) is 4.79 Å². The largest absolute Gasteiger partial charge is 0.409 e. The first-order chi connectivity index (χ1) is 8.60. The maximum Gasteiger partial charge on any atom is 0.223 e. The number of nitrogens with two attached hydrogens (primary N) is 1. The molecule has 0 heterocycles. The molecule has 0 aliphatic heterocycles. The minimum absolute atomic E-state index is 0.0102. The van der Waals surface area contributed by atoms with Crippen molar-refractivity contribution in [3.63, 3.8) is 0 Å². The standard InChI is InChI=1S/C13H27N3O2/c1-4-7-9-10(6-3)13(17)15-11(8-5-2)12(14)16-18/h10-11,18H,4-9H2,1-3H3,(H2,14,16)(H,15,17). The summed E-state index contributed by atoms with van der Waals surface area (Å²) in [5.41, 5.74) is 5.58. The van der Waals surface area contributed by atoms with Gasteiger partial charge < -0.3 is 16.3 Å². The summed E-state index contributed by atoms with van der Waals surface area (Å²) in [5, 5.41) is 14.6. The zero-order valence-electron chi connectivity index (χ0n) is 11.8. The lowest BCUT2D eigenvalue weighted by atomic mass is 9.97. The molecule has 0 aromatic heterocycles. The fourth-order valence-electron chi connectivity index (χ4n) is 1.91. The van der Waals surface area contributed by atoms with E-state index >= 15 is 0 Å². The van der Waals surface area contributed by atoms with E-state index in [1.54, 1.807) is 0 Å². The smallest absolute Gasteiger partial charge is 0.223 e. The highest BCUT2D eigenvalue weighted by atomic mass is 16.4. The van der Waals surface area contributed by atoms with Gasteiger partial charge in [0.15, 0.2) is 5.84 Å². The van der Waals surface area contributed by atoms with Crippen LogP contribution in [0.4, 0.5) is 0 Å². The average molecular weight is 257 g/mol. The highest BCUT2D eigenvalue weighted by molar-refractivity contribution is 5.90. The molecule has 1 amide bonds. The molecule has 0 aliphatic carbocycles. The summed E-state index contributed by atoms with van der Waals surface area (Å²) in [5.74, 6) is 0.113. The average Bonchev–Trinajstić information content (AvgIpc) is 2.38. The lowest BCUT2D eigenvalue weighted by Gasteiger charge is -2.20. The van der Waals surface area contributed by atoms with Crippen molar-refractivity contribution < 1.29 is 10.0 Å². The van der Waals surface area contributed by atoms with Crippen molar-refractivity contribution in [1.29, 1.82) is 0 Å². The summed E-state index contributed by atoms with van der Waals surface area (Å²) in [4.78, 5) is 12.1. The van der Waals surface area contributed by atoms with E-state index in [2.05, 4.69) is 17.4 Å². The predicted molar refractivity (Wildman–Crippen MR) is 73.6 cm³/mol. The molecule has 0 aromatic rings. The number of nitrogens with one attached hydrogen (secondary N) is 1. The second-order valence-electron chi connectivity index (χ2n) is 4.62. The Morgan fingerprint density at radius 2 is 1.94 bits per heavy atom. The normalized spacial score (nSPS) is 15.2. The first-order valence-electron chi connectivity index (χ1n) is 6.88. The Morgan fingerprint density at radius 1 is 1.28 bits per heavy atom. The van der Waals surface area contributed by atoms with Gasteiger partial charge in [-0.1, -0.05) is 45.2 Å². The topological polar surface area (TPSA) is 87.7 Å². The molecule has 106 valence electrons. The molecule has 0 rings (SSSR count). The molecule has 4 N–H and O–H groups in total. The molecule has 18 heavy (non-hydrogen) atoms. The van der Waals surface area contributed by atoms with Gasteiger partial charge in [0.2, 0.25) is 5.91 Å². The summed E-state index contributed by atoms with van der Waals surface area (Å²) in [7, 11) is 0. The van der Waals surface area contributed by atoms with E-state index in [1.165, 1.54) is 0 Å². The summed E-state index contributed by atoms with van der Waals surface area (Å²) in [6.07, 6.45) is 5.41. The van der Waals surface area contributed by atoms with Crippen molar-refractivity contribution in [2.75, 3.05) is 0 Å². The van der Waals surface area contributed by atoms with Crippen LogP contribution in [0.2, 0.25) is 0 Å². The second kappa shape index (κ2) is 9.74. The van der Waals surface area contributed by atoms with E-state index in [0.717, 1.165) is 32.1 Å². The number of carbonyl (C=O) groups is 1. The van der Waals surface area contributed by atoms with Gasteiger partial charge in [-0.25, -0.2) is 0 Å². The second-order valence-corrected chi connectivity index (χ2v) is 4.62. The van der Waals surface area contributed by atoms with Crippen LogP contribution in [0.3, 0.4) is 0 Å². The molecule has 0 spiro atoms. The highest BCUT2D eigenvalue weighted by Crippen LogP contribution is 2.13. The number of hydrogen-bond donors (Lipinski definition) is 3. The van der Waals surface area contributed by atoms with Crippen LogP contribution in [0.15, 0.2) is 5.16 Å². The molecule has 2 unspecified atom stereocenters. The van der Waals surface area contributed by atoms with Crippen LogP contribution in [-0.4, -0.2) is 23.0 Å². The Kier molecular flexibility index (Phi) is 9.06. The number of rotatable bonds is 9. The predicted octanol–water partition coefficient (Wildman–Crippen LogP) is 2.23. The van der Waals surface area contributed by atoms with Crippen molar-refractivity contribution >= 4 is 11.7 Å². The van der Waals surface area contributed by atoms with Crippen LogP contribution in [0.5, 0.6) is 0 Å². The number of oxime groups is 1. The van der Waals surface area contributed by atoms with Gasteiger partial charge in [0, 0.05) is 5.92 Å². The molecule has 5 nitrogen and oxygen atoms in total. The number of amides is 1. The third-order valence-corrected chi connectivity index (χ3v) is 3.14. The van der Waals surface area contributed by atoms with E-state index < -0.39 is 0 Å². The Hall–Kier alpha value is -1.26. The summed E-state index contributed by atoms with van der Waals surface area (Å²) in [6, 6.07) is -0.358. The van der Waals surface area contributed by atoms with E-state index in [9.17, 15) is 4.79 Å². The molecule has 5 heteroatoms. The molecule has 0 fully saturated rings. The van der Waals surface area contributed by atoms with Crippen molar-refractivity contribution in [3.05, 3.63) is 0 Å². The van der Waals surface area contributed by atoms with Crippen molar-refractivity contribution in [3.8, 4) is 0 Å². The minimum atomic E-state index is -0.358. The van der Waals surface area contributed by atoms with Crippen LogP contribution >= 0.6 is 0 Å². The number of amidine groups is 1. The van der Waals surface area contributed by atoms with Crippen molar-refractivity contribution in [1.82, 2.24) is 5.32 Å². The third kappa shape index (κ3) is 5.89. The molecule has 0 aliphatic rings. The lowest BCUT2D eigenvalue weighted by Crippen LogP contribution is -2.46. The first-order valence-corrected chi connectivity index (χ1v) is 6.88. The molecule has 0 saturated heterocycles. The van der Waals surface area contributed by atoms with Gasteiger partial charge in [-0.2, -0.15) is 0 Å². The van der Waals surface area contributed by atoms with E-state index in [0.29, 0.717) is 6.42 Å². The van der Waals surface area contributed by atoms with E-state index in [1.807, 2.05) is 13.8 Å². The van der Waals surface area contributed by atoms with Gasteiger partial charge in [-0.15, -0.1) is 0 Å². The van der Waals surface area contributed by atoms with Crippen LogP contribution in [0, 0.1) is 5.92 Å². The zero-order chi connectivity index (χ0) is 14.0. The fraction of sp³-hybridized carbons (Fsp3) is 0.846. The molecule has 0 radical (unpaired) electrons. The van der Waals surface area contributed by atoms with Gasteiger partial charge in [-0.3, -0.25) is 4.79 Å². The Morgan fingerprint density at radius 3 is 2.39 bits per heavy atom. The highest BCUT2D eigenvalue weighted by Gasteiger charge is 2.21. The monoisotopic (exact) mass is 257 g/mol. The van der Waals surface area contributed by atoms with Crippen LogP contribution in [0.25, 0.3) is 0 Å². The maximum absolute atomic E-state index is 12.1. The molecule has 0 saturated carbocycles. The van der Waals surface area contributed by atoms with Crippen molar-refractivity contribution in [2.24, 2.45) is 16.8 Å². The molecule has 0 aromatic carbocycles. The SMILES string of the molecule is CCCCC(CC)C(=O)NC(CCC)/C(N)=N/O. The van der Waals surface area contributed by atoms with Gasteiger partial charge in [0.25, 0.3) is 0 Å². The van der Waals surface area contributed by atoms with Gasteiger partial charge in [-0.05, 0) is 19.3 Å². The quantitative estimate of drug-likeness (QED) is 0.256. The summed E-state index contributed by atoms with van der Waals surface area (Å²) in [6.45, 7) is 6.12. The Labute approximate surface area is 110 Å². The van der Waals surface area contributed by atoms with Gasteiger partial charge in [0.1, 0.15) is 0 Å². The molecular weight excluding hydrogens is 230 g/mol. The summed E-state index contributed by atoms with van der Waals surface area (Å²) < 4.78 is 0. The number of unbranched alkanes of at least 4 members (excludes halogenated alkanes) is 1. The molecule has 2 atom stereocenters. The van der Waals surface area contributed by atoms with E-state index in [4.69, 9.17) is 10.9 Å². The number of carbonyl (C=O) groups excluding carboxylic acids is 1. The molecular formula is C13H27N3O2. The number of nitrogens with zero attached hydrogens (tertiary/aromatic N) is 1. The summed E-state index contributed by atoms with van der Waals surface area (Å²) >= 11 is 0. The van der Waals surface area contributed by atoms with Crippen LogP contribution < -0.4 is 11.1 Å². The van der Waals surface area contributed by atoms with Crippen molar-refractivity contribution in [2.45, 2.75) is 65.3 Å². The maximum atomic E-state index is 12.1. The Bertz CT molecular complexity index is 267. The minimum Gasteiger partial charge on any atom is -0.409 e. The first kappa shape index (κ1) is 16.7. The van der Waals surface area contributed by atoms with Gasteiger partial charge in [0.05, 0.1) is 6.04 Å². The molecule has 0 bridgehead atoms. The number of hydrogen-bond acceptors (Lipinski definition) is 3. The van der Waals surface area contributed by atoms with Crippen LogP contribution in [0.1, 0.15) is 59.3 Å². The fourth-order valence-corrected chi connectivity index (χ4v) is 1.91. The lowest BCUT2D eigenvalue weighted by molar-refractivity contribution is -0.125. The van der Waals surface area contributed by atoms with Gasteiger partial charge >= 0.3 is 0 Å². The third-order valence-electron chi connectivity index (χ3n) is 3.14.